The number of nitrogens with zero attached hydrogens (tertiary/aromatic N) is 1. The fraction of sp³-hybridized carbons (Fsp3) is 0.562. The van der Waals surface area contributed by atoms with Crippen molar-refractivity contribution in [2.24, 2.45) is 0 Å². The van der Waals surface area contributed by atoms with E-state index in [4.69, 9.17) is 0 Å². The van der Waals surface area contributed by atoms with Gasteiger partial charge in [-0.1, -0.05) is 25.1 Å². The highest BCUT2D eigenvalue weighted by atomic mass is 16.2. The Bertz CT molecular complexity index is 461. The van der Waals surface area contributed by atoms with Crippen molar-refractivity contribution >= 4 is 11.6 Å². The molecule has 0 spiro atoms. The maximum Gasteiger partial charge on any atom is 0.239 e. The van der Waals surface area contributed by atoms with Crippen LogP contribution in [0.15, 0.2) is 24.3 Å². The number of fused-ring (bicyclic) bond motifs is 1. The lowest BCUT2D eigenvalue weighted by atomic mass is 10.1. The van der Waals surface area contributed by atoms with Crippen LogP contribution in [0.3, 0.4) is 0 Å². The highest BCUT2D eigenvalue weighted by Gasteiger charge is 2.20. The second kappa shape index (κ2) is 6.75. The molecule has 0 radical (unpaired) electrons. The van der Waals surface area contributed by atoms with Crippen molar-refractivity contribution < 1.29 is 4.79 Å². The number of amides is 1. The molecule has 2 N–H and O–H groups in total. The summed E-state index contributed by atoms with van der Waals surface area (Å²) in [7, 11) is 0. The van der Waals surface area contributed by atoms with Crippen LogP contribution in [0.25, 0.3) is 0 Å². The van der Waals surface area contributed by atoms with E-state index in [2.05, 4.69) is 41.5 Å². The zero-order valence-electron chi connectivity index (χ0n) is 12.6. The molecular formula is C16H25N3O. The first-order valence-corrected chi connectivity index (χ1v) is 7.45. The first kappa shape index (κ1) is 14.9. The van der Waals surface area contributed by atoms with Gasteiger partial charge in [-0.15, -0.1) is 0 Å². The van der Waals surface area contributed by atoms with E-state index in [9.17, 15) is 4.79 Å². The van der Waals surface area contributed by atoms with E-state index in [0.29, 0.717) is 12.6 Å². The Morgan fingerprint density at radius 2 is 2.25 bits per heavy atom. The van der Waals surface area contributed by atoms with Crippen molar-refractivity contribution in [2.45, 2.75) is 45.8 Å². The number of nitrogens with one attached hydrogen (secondary N) is 2. The summed E-state index contributed by atoms with van der Waals surface area (Å²) in [5, 5.41) is 6.52. The van der Waals surface area contributed by atoms with Crippen molar-refractivity contribution in [3.05, 3.63) is 29.8 Å². The lowest BCUT2D eigenvalue weighted by molar-refractivity contribution is -0.120. The summed E-state index contributed by atoms with van der Waals surface area (Å²) in [6, 6.07) is 8.92. The molecule has 0 bridgehead atoms. The SMILES string of the molecule is CCC(C)NC(=O)CN1CC(C)NCc2ccccc21. The van der Waals surface area contributed by atoms with Crippen LogP contribution in [-0.4, -0.2) is 31.1 Å². The summed E-state index contributed by atoms with van der Waals surface area (Å²) in [5.41, 5.74) is 2.43. The van der Waals surface area contributed by atoms with E-state index < -0.39 is 0 Å². The normalized spacial score (nSPS) is 19.9. The third kappa shape index (κ3) is 3.73. The van der Waals surface area contributed by atoms with E-state index in [1.807, 2.05) is 19.1 Å². The zero-order chi connectivity index (χ0) is 14.5. The summed E-state index contributed by atoms with van der Waals surface area (Å²) < 4.78 is 0. The highest BCUT2D eigenvalue weighted by Crippen LogP contribution is 2.22. The van der Waals surface area contributed by atoms with Gasteiger partial charge in [0.05, 0.1) is 6.54 Å². The van der Waals surface area contributed by atoms with Gasteiger partial charge in [-0.2, -0.15) is 0 Å². The topological polar surface area (TPSA) is 44.4 Å². The first-order valence-electron chi connectivity index (χ1n) is 7.45. The summed E-state index contributed by atoms with van der Waals surface area (Å²) in [6.45, 7) is 8.42. The molecule has 2 unspecified atom stereocenters. The van der Waals surface area contributed by atoms with Gasteiger partial charge in [-0.3, -0.25) is 4.79 Å². The van der Waals surface area contributed by atoms with Gasteiger partial charge in [0.2, 0.25) is 5.91 Å². The number of para-hydroxylation sites is 1. The molecule has 1 heterocycles. The summed E-state index contributed by atoms with van der Waals surface area (Å²) in [4.78, 5) is 14.3. The van der Waals surface area contributed by atoms with Crippen LogP contribution < -0.4 is 15.5 Å². The van der Waals surface area contributed by atoms with Gasteiger partial charge in [-0.05, 0) is 31.9 Å². The molecule has 20 heavy (non-hydrogen) atoms. The molecule has 4 heteroatoms. The standard InChI is InChI=1S/C16H25N3O/c1-4-12(2)18-16(20)11-19-10-13(3)17-9-14-7-5-6-8-15(14)19/h5-8,12-13,17H,4,9-11H2,1-3H3,(H,18,20). The van der Waals surface area contributed by atoms with Gasteiger partial charge in [0.25, 0.3) is 0 Å². The minimum atomic E-state index is 0.100. The quantitative estimate of drug-likeness (QED) is 0.882. The Labute approximate surface area is 121 Å². The number of carbonyl (C=O) groups excluding carboxylic acids is 1. The monoisotopic (exact) mass is 275 g/mol. The third-order valence-electron chi connectivity index (χ3n) is 3.82. The molecule has 4 nitrogen and oxygen atoms in total. The summed E-state index contributed by atoms with van der Waals surface area (Å²) in [5.74, 6) is 0.100. The summed E-state index contributed by atoms with van der Waals surface area (Å²) in [6.07, 6.45) is 0.959. The van der Waals surface area contributed by atoms with E-state index in [1.165, 1.54) is 11.3 Å². The fourth-order valence-corrected chi connectivity index (χ4v) is 2.49. The predicted octanol–water partition coefficient (Wildman–Crippen LogP) is 1.90. The number of anilines is 1. The van der Waals surface area contributed by atoms with E-state index in [1.54, 1.807) is 0 Å². The molecule has 0 aliphatic carbocycles. The Hall–Kier alpha value is -1.55. The molecule has 1 aromatic rings. The van der Waals surface area contributed by atoms with Crippen LogP contribution in [0.4, 0.5) is 5.69 Å². The summed E-state index contributed by atoms with van der Waals surface area (Å²) >= 11 is 0. The van der Waals surface area contributed by atoms with Crippen LogP contribution in [0, 0.1) is 0 Å². The van der Waals surface area contributed by atoms with Gasteiger partial charge in [-0.25, -0.2) is 0 Å². The number of carbonyl (C=O) groups is 1. The second-order valence-electron chi connectivity index (χ2n) is 5.67. The van der Waals surface area contributed by atoms with E-state index in [0.717, 1.165) is 19.5 Å². The van der Waals surface area contributed by atoms with Gasteiger partial charge in [0, 0.05) is 30.9 Å². The lowest BCUT2D eigenvalue weighted by Gasteiger charge is -2.26. The van der Waals surface area contributed by atoms with Crippen LogP contribution in [0.2, 0.25) is 0 Å². The number of hydrogen-bond acceptors (Lipinski definition) is 3. The number of hydrogen-bond donors (Lipinski definition) is 2. The first-order chi connectivity index (χ1) is 9.60. The molecule has 0 saturated heterocycles. The molecular weight excluding hydrogens is 250 g/mol. The molecule has 0 aromatic heterocycles. The van der Waals surface area contributed by atoms with Gasteiger partial charge >= 0.3 is 0 Å². The smallest absolute Gasteiger partial charge is 0.239 e. The Morgan fingerprint density at radius 1 is 1.50 bits per heavy atom. The Balaban J connectivity index is 2.11. The molecule has 1 aromatic carbocycles. The van der Waals surface area contributed by atoms with Crippen LogP contribution in [0.1, 0.15) is 32.8 Å². The minimum absolute atomic E-state index is 0.100. The van der Waals surface area contributed by atoms with Crippen molar-refractivity contribution in [2.75, 3.05) is 18.0 Å². The molecule has 2 rings (SSSR count). The zero-order valence-corrected chi connectivity index (χ0v) is 12.6. The third-order valence-corrected chi connectivity index (χ3v) is 3.82. The average molecular weight is 275 g/mol. The molecule has 0 saturated carbocycles. The number of rotatable bonds is 4. The maximum absolute atomic E-state index is 12.1. The van der Waals surface area contributed by atoms with Crippen LogP contribution in [-0.2, 0) is 11.3 Å². The second-order valence-corrected chi connectivity index (χ2v) is 5.67. The van der Waals surface area contributed by atoms with Gasteiger partial charge in [0.1, 0.15) is 0 Å². The molecule has 1 amide bonds. The largest absolute Gasteiger partial charge is 0.360 e. The molecule has 0 fully saturated rings. The predicted molar refractivity (Wildman–Crippen MR) is 82.9 cm³/mol. The van der Waals surface area contributed by atoms with Crippen molar-refractivity contribution in [1.82, 2.24) is 10.6 Å². The molecule has 110 valence electrons. The molecule has 2 atom stereocenters. The van der Waals surface area contributed by atoms with Crippen LogP contribution >= 0.6 is 0 Å². The van der Waals surface area contributed by atoms with Crippen LogP contribution in [0.5, 0.6) is 0 Å². The fourth-order valence-electron chi connectivity index (χ4n) is 2.49. The van der Waals surface area contributed by atoms with Crippen molar-refractivity contribution in [1.29, 1.82) is 0 Å². The molecule has 1 aliphatic heterocycles. The Kier molecular flexibility index (Phi) is 5.01. The van der Waals surface area contributed by atoms with E-state index >= 15 is 0 Å². The number of benzene rings is 1. The van der Waals surface area contributed by atoms with Crippen molar-refractivity contribution in [3.63, 3.8) is 0 Å². The maximum atomic E-state index is 12.1. The lowest BCUT2D eigenvalue weighted by Crippen LogP contribution is -2.44. The van der Waals surface area contributed by atoms with Crippen molar-refractivity contribution in [3.8, 4) is 0 Å². The Morgan fingerprint density at radius 3 is 3.00 bits per heavy atom. The van der Waals surface area contributed by atoms with Gasteiger partial charge < -0.3 is 15.5 Å². The highest BCUT2D eigenvalue weighted by molar-refractivity contribution is 5.82. The van der Waals surface area contributed by atoms with Gasteiger partial charge in [0.15, 0.2) is 0 Å². The minimum Gasteiger partial charge on any atom is -0.360 e. The average Bonchev–Trinajstić information content (AvgIpc) is 2.59. The van der Waals surface area contributed by atoms with E-state index in [-0.39, 0.29) is 11.9 Å². The molecule has 1 aliphatic rings.